The number of halogens is 1. The normalized spacial score (nSPS) is 18.3. The molecule has 1 unspecified atom stereocenters. The maximum atomic E-state index is 12.7. The van der Waals surface area contributed by atoms with Gasteiger partial charge in [-0.05, 0) is 74.7 Å². The van der Waals surface area contributed by atoms with Gasteiger partial charge in [0.1, 0.15) is 17.0 Å². The van der Waals surface area contributed by atoms with Crippen LogP contribution >= 0.6 is 23.4 Å². The van der Waals surface area contributed by atoms with Crippen LogP contribution in [0.25, 0.3) is 22.1 Å². The number of aryl methyl sites for hydroxylation is 1. The van der Waals surface area contributed by atoms with Crippen molar-refractivity contribution in [1.82, 2.24) is 40.8 Å². The van der Waals surface area contributed by atoms with E-state index >= 15 is 0 Å². The van der Waals surface area contributed by atoms with E-state index in [2.05, 4.69) is 42.6 Å². The molecular weight excluding hydrogens is 536 g/mol. The fourth-order valence-corrected chi connectivity index (χ4v) is 6.29. The van der Waals surface area contributed by atoms with Crippen molar-refractivity contribution in [2.24, 2.45) is 11.7 Å². The van der Waals surface area contributed by atoms with Gasteiger partial charge in [0, 0.05) is 36.3 Å². The molecule has 13 heteroatoms. The van der Waals surface area contributed by atoms with Crippen LogP contribution in [0.15, 0.2) is 28.3 Å². The van der Waals surface area contributed by atoms with Crippen LogP contribution in [0.1, 0.15) is 42.5 Å². The summed E-state index contributed by atoms with van der Waals surface area (Å²) in [5.74, 6) is 1.03. The predicted octanol–water partition coefficient (Wildman–Crippen LogP) is 2.93. The topological polar surface area (TPSA) is 151 Å². The van der Waals surface area contributed by atoms with Crippen LogP contribution < -0.4 is 21.3 Å². The first-order valence-electron chi connectivity index (χ1n) is 13.4. The molecule has 204 valence electrons. The van der Waals surface area contributed by atoms with Crippen LogP contribution in [-0.2, 0) is 6.42 Å². The van der Waals surface area contributed by atoms with Gasteiger partial charge in [-0.1, -0.05) is 18.5 Å². The van der Waals surface area contributed by atoms with Gasteiger partial charge in [-0.2, -0.15) is 0 Å². The van der Waals surface area contributed by atoms with E-state index in [1.54, 1.807) is 0 Å². The molecule has 2 fully saturated rings. The minimum absolute atomic E-state index is 0.0667. The number of carbonyl (C=O) groups excluding carboxylic acids is 1. The maximum absolute atomic E-state index is 12.7. The molecule has 1 atom stereocenters. The summed E-state index contributed by atoms with van der Waals surface area (Å²) in [4.78, 5) is 33.4. The summed E-state index contributed by atoms with van der Waals surface area (Å²) in [6.07, 6.45) is 3.77. The van der Waals surface area contributed by atoms with Crippen molar-refractivity contribution < 1.29 is 4.79 Å². The molecule has 11 nitrogen and oxygen atoms in total. The molecule has 1 amide bonds. The summed E-state index contributed by atoms with van der Waals surface area (Å²) in [5, 5.41) is 16.7. The van der Waals surface area contributed by atoms with Crippen molar-refractivity contribution in [3.8, 4) is 0 Å². The number of benzene rings is 1. The standard InChI is InChI=1S/C26H31ClN10OS/c1-2-17-21(27)20-22(31-17)33-26(34-24(20)37-10-7-15(28)13-37)39-16-3-4-18-19(11-16)32-23(36-35-18)25(38)30-12-14-5-8-29-9-6-14/h3-4,11,14-15,29H,2,5-10,12-13,28H2,1H3,(H,30,38)(H,31,33,34). The van der Waals surface area contributed by atoms with Crippen LogP contribution in [0.3, 0.4) is 0 Å². The molecule has 5 heterocycles. The molecule has 6 rings (SSSR count). The maximum Gasteiger partial charge on any atom is 0.291 e. The number of aromatic nitrogens is 6. The van der Waals surface area contributed by atoms with Gasteiger partial charge >= 0.3 is 0 Å². The van der Waals surface area contributed by atoms with E-state index in [0.29, 0.717) is 39.3 Å². The summed E-state index contributed by atoms with van der Waals surface area (Å²) in [7, 11) is 0. The summed E-state index contributed by atoms with van der Waals surface area (Å²) in [5.41, 5.74) is 9.05. The van der Waals surface area contributed by atoms with Crippen molar-refractivity contribution in [2.75, 3.05) is 37.6 Å². The molecule has 2 aliphatic heterocycles. The van der Waals surface area contributed by atoms with Gasteiger partial charge in [-0.3, -0.25) is 4.79 Å². The molecule has 2 aliphatic rings. The number of aromatic amines is 1. The van der Waals surface area contributed by atoms with E-state index in [-0.39, 0.29) is 17.8 Å². The zero-order valence-corrected chi connectivity index (χ0v) is 23.3. The van der Waals surface area contributed by atoms with Gasteiger partial charge in [0.25, 0.3) is 5.91 Å². The van der Waals surface area contributed by atoms with Crippen LogP contribution in [0.2, 0.25) is 5.02 Å². The third-order valence-corrected chi connectivity index (χ3v) is 8.62. The molecule has 39 heavy (non-hydrogen) atoms. The number of nitrogens with zero attached hydrogens (tertiary/aromatic N) is 6. The monoisotopic (exact) mass is 566 g/mol. The quantitative estimate of drug-likeness (QED) is 0.246. The van der Waals surface area contributed by atoms with E-state index < -0.39 is 0 Å². The van der Waals surface area contributed by atoms with Gasteiger partial charge in [-0.15, -0.1) is 10.2 Å². The first-order chi connectivity index (χ1) is 19.0. The van der Waals surface area contributed by atoms with Crippen molar-refractivity contribution in [3.05, 3.63) is 34.7 Å². The number of H-pyrrole nitrogens is 1. The lowest BCUT2D eigenvalue weighted by Gasteiger charge is -2.22. The summed E-state index contributed by atoms with van der Waals surface area (Å²) in [6.45, 7) is 6.18. The van der Waals surface area contributed by atoms with Crippen molar-refractivity contribution in [3.63, 3.8) is 0 Å². The highest BCUT2D eigenvalue weighted by atomic mass is 35.5. The van der Waals surface area contributed by atoms with E-state index in [4.69, 9.17) is 27.3 Å². The molecule has 0 bridgehead atoms. The van der Waals surface area contributed by atoms with Gasteiger partial charge in [0.05, 0.1) is 15.9 Å². The highest BCUT2D eigenvalue weighted by Gasteiger charge is 2.26. The van der Waals surface area contributed by atoms with Crippen LogP contribution in [0, 0.1) is 5.92 Å². The minimum atomic E-state index is -0.307. The third kappa shape index (κ3) is 5.51. The molecule has 4 aromatic rings. The van der Waals surface area contributed by atoms with Crippen molar-refractivity contribution in [1.29, 1.82) is 0 Å². The molecular formula is C26H31ClN10OS. The lowest BCUT2D eigenvalue weighted by Crippen LogP contribution is -2.36. The Kier molecular flexibility index (Phi) is 7.52. The Balaban J connectivity index is 1.26. The van der Waals surface area contributed by atoms with Gasteiger partial charge < -0.3 is 26.3 Å². The van der Waals surface area contributed by atoms with Crippen molar-refractivity contribution >= 4 is 57.2 Å². The first kappa shape index (κ1) is 26.2. The molecule has 5 N–H and O–H groups in total. The van der Waals surface area contributed by atoms with Crippen molar-refractivity contribution in [2.45, 2.75) is 48.7 Å². The average molecular weight is 567 g/mol. The van der Waals surface area contributed by atoms with Crippen LogP contribution in [0.5, 0.6) is 0 Å². The van der Waals surface area contributed by atoms with Gasteiger partial charge in [-0.25, -0.2) is 15.0 Å². The Bertz CT molecular complexity index is 1520. The lowest BCUT2D eigenvalue weighted by molar-refractivity contribution is 0.0933. The second kappa shape index (κ2) is 11.2. The molecule has 1 aromatic carbocycles. The first-order valence-corrected chi connectivity index (χ1v) is 14.6. The SMILES string of the molecule is CCc1[nH]c2nc(Sc3ccc4nnc(C(=O)NCC5CCNCC5)nc4c3)nc(N3CCC(N)C3)c2c1Cl. The van der Waals surface area contributed by atoms with Crippen LogP contribution in [-0.4, -0.2) is 74.8 Å². The number of amides is 1. The minimum Gasteiger partial charge on any atom is -0.354 e. The number of nitrogens with one attached hydrogen (secondary N) is 3. The van der Waals surface area contributed by atoms with E-state index in [9.17, 15) is 4.79 Å². The Hall–Kier alpha value is -3.06. The number of hydrogen-bond donors (Lipinski definition) is 4. The second-order valence-electron chi connectivity index (χ2n) is 10.1. The number of nitrogens with two attached hydrogens (primary N) is 1. The van der Waals surface area contributed by atoms with Crippen LogP contribution in [0.4, 0.5) is 5.82 Å². The number of fused-ring (bicyclic) bond motifs is 2. The highest BCUT2D eigenvalue weighted by molar-refractivity contribution is 7.99. The molecule has 0 aliphatic carbocycles. The van der Waals surface area contributed by atoms with Gasteiger partial charge in [0.2, 0.25) is 5.82 Å². The predicted molar refractivity (Wildman–Crippen MR) is 152 cm³/mol. The Morgan fingerprint density at radius 1 is 1.18 bits per heavy atom. The van der Waals surface area contributed by atoms with Gasteiger partial charge in [0.15, 0.2) is 5.16 Å². The average Bonchev–Trinajstić information content (AvgIpc) is 3.54. The third-order valence-electron chi connectivity index (χ3n) is 7.35. The number of hydrogen-bond acceptors (Lipinski definition) is 10. The Labute approximate surface area is 235 Å². The van der Waals surface area contributed by atoms with E-state index in [1.807, 2.05) is 18.2 Å². The largest absolute Gasteiger partial charge is 0.354 e. The van der Waals surface area contributed by atoms with E-state index in [1.165, 1.54) is 11.8 Å². The zero-order chi connectivity index (χ0) is 26.9. The Morgan fingerprint density at radius 2 is 2.03 bits per heavy atom. The second-order valence-corrected chi connectivity index (χ2v) is 11.5. The molecule has 2 saturated heterocycles. The molecule has 3 aromatic heterocycles. The molecule has 0 saturated carbocycles. The summed E-state index contributed by atoms with van der Waals surface area (Å²) < 4.78 is 0. The molecule has 0 radical (unpaired) electrons. The smallest absolute Gasteiger partial charge is 0.291 e. The summed E-state index contributed by atoms with van der Waals surface area (Å²) in [6, 6.07) is 5.76. The zero-order valence-electron chi connectivity index (χ0n) is 21.7. The molecule has 0 spiro atoms. The fraction of sp³-hybridized carbons (Fsp3) is 0.462. The number of anilines is 1. The Morgan fingerprint density at radius 3 is 2.79 bits per heavy atom. The number of carbonyl (C=O) groups is 1. The summed E-state index contributed by atoms with van der Waals surface area (Å²) >= 11 is 8.15. The van der Waals surface area contributed by atoms with E-state index in [0.717, 1.165) is 73.7 Å². The highest BCUT2D eigenvalue weighted by Crippen LogP contribution is 2.37. The number of rotatable bonds is 7. The lowest BCUT2D eigenvalue weighted by atomic mass is 9.98. The number of piperidine rings is 1. The fourth-order valence-electron chi connectivity index (χ4n) is 5.15.